The van der Waals surface area contributed by atoms with Gasteiger partial charge < -0.3 is 0 Å². The van der Waals surface area contributed by atoms with Crippen molar-refractivity contribution in [1.29, 1.82) is 0 Å². The molecule has 0 bridgehead atoms. The van der Waals surface area contributed by atoms with Crippen LogP contribution in [0.15, 0.2) is 23.8 Å². The van der Waals surface area contributed by atoms with Gasteiger partial charge in [0.1, 0.15) is 0 Å². The molecule has 0 saturated heterocycles. The van der Waals surface area contributed by atoms with Crippen LogP contribution in [-0.4, -0.2) is 5.78 Å². The summed E-state index contributed by atoms with van der Waals surface area (Å²) < 4.78 is 0. The minimum absolute atomic E-state index is 0.317. The lowest BCUT2D eigenvalue weighted by atomic mass is 9.82. The van der Waals surface area contributed by atoms with Crippen LogP contribution in [0.25, 0.3) is 0 Å². The maximum atomic E-state index is 12.0. The van der Waals surface area contributed by atoms with E-state index >= 15 is 0 Å². The SMILES string of the molecule is O=C(C1=CC=CC[CH]1)C1CCCCC1. The van der Waals surface area contributed by atoms with Gasteiger partial charge in [-0.05, 0) is 31.3 Å². The number of hydrogen-bond donors (Lipinski definition) is 0. The molecule has 1 saturated carbocycles. The molecule has 0 aromatic rings. The zero-order valence-electron chi connectivity index (χ0n) is 8.54. The molecule has 0 atom stereocenters. The summed E-state index contributed by atoms with van der Waals surface area (Å²) in [5, 5.41) is 0. The molecule has 2 aliphatic carbocycles. The van der Waals surface area contributed by atoms with Crippen LogP contribution in [0.3, 0.4) is 0 Å². The van der Waals surface area contributed by atoms with Crippen LogP contribution in [0, 0.1) is 12.3 Å². The third-order valence-corrected chi connectivity index (χ3v) is 3.15. The molecule has 1 fully saturated rings. The number of allylic oxidation sites excluding steroid dienone is 4. The Bertz CT molecular complexity index is 267. The lowest BCUT2D eigenvalue weighted by molar-refractivity contribution is -0.119. The second kappa shape index (κ2) is 4.59. The van der Waals surface area contributed by atoms with Crippen molar-refractivity contribution in [1.82, 2.24) is 0 Å². The molecule has 0 heterocycles. The highest BCUT2D eigenvalue weighted by Gasteiger charge is 2.23. The molecule has 1 heteroatoms. The predicted octanol–water partition coefficient (Wildman–Crippen LogP) is 3.23. The van der Waals surface area contributed by atoms with Gasteiger partial charge in [0.05, 0.1) is 0 Å². The van der Waals surface area contributed by atoms with Crippen molar-refractivity contribution < 1.29 is 4.79 Å². The Hall–Kier alpha value is -0.850. The van der Waals surface area contributed by atoms with E-state index in [1.165, 1.54) is 19.3 Å². The summed E-state index contributed by atoms with van der Waals surface area (Å²) in [5.74, 6) is 0.701. The topological polar surface area (TPSA) is 17.1 Å². The lowest BCUT2D eigenvalue weighted by Crippen LogP contribution is -2.20. The summed E-state index contributed by atoms with van der Waals surface area (Å²) in [6.45, 7) is 0. The molecular formula is C13H17O. The number of carbonyl (C=O) groups excluding carboxylic acids is 1. The van der Waals surface area contributed by atoms with Crippen LogP contribution >= 0.6 is 0 Å². The second-order valence-corrected chi connectivity index (χ2v) is 4.19. The summed E-state index contributed by atoms with van der Waals surface area (Å²) in [6, 6.07) is 0. The van der Waals surface area contributed by atoms with E-state index in [4.69, 9.17) is 0 Å². The van der Waals surface area contributed by atoms with E-state index in [0.29, 0.717) is 11.7 Å². The van der Waals surface area contributed by atoms with E-state index < -0.39 is 0 Å². The minimum atomic E-state index is 0.317. The largest absolute Gasteiger partial charge is 0.294 e. The molecule has 2 aliphatic rings. The molecule has 0 aromatic carbocycles. The summed E-state index contributed by atoms with van der Waals surface area (Å²) in [4.78, 5) is 12.0. The Morgan fingerprint density at radius 3 is 2.64 bits per heavy atom. The maximum Gasteiger partial charge on any atom is 0.162 e. The Labute approximate surface area is 85.9 Å². The van der Waals surface area contributed by atoms with Crippen LogP contribution in [0.5, 0.6) is 0 Å². The van der Waals surface area contributed by atoms with Gasteiger partial charge in [-0.3, -0.25) is 4.79 Å². The molecule has 0 N–H and O–H groups in total. The van der Waals surface area contributed by atoms with Gasteiger partial charge in [0.15, 0.2) is 5.78 Å². The van der Waals surface area contributed by atoms with Gasteiger partial charge in [0.2, 0.25) is 0 Å². The van der Waals surface area contributed by atoms with E-state index in [9.17, 15) is 4.79 Å². The number of hydrogen-bond acceptors (Lipinski definition) is 1. The fraction of sp³-hybridized carbons (Fsp3) is 0.538. The van der Waals surface area contributed by atoms with Crippen LogP contribution in [-0.2, 0) is 4.79 Å². The molecule has 75 valence electrons. The molecule has 0 amide bonds. The monoisotopic (exact) mass is 189 g/mol. The predicted molar refractivity (Wildman–Crippen MR) is 57.7 cm³/mol. The van der Waals surface area contributed by atoms with E-state index in [0.717, 1.165) is 24.8 Å². The molecule has 14 heavy (non-hydrogen) atoms. The number of rotatable bonds is 2. The molecule has 1 radical (unpaired) electrons. The van der Waals surface area contributed by atoms with Gasteiger partial charge in [0.25, 0.3) is 0 Å². The van der Waals surface area contributed by atoms with Gasteiger partial charge in [-0.15, -0.1) is 0 Å². The Balaban J connectivity index is 1.99. The highest BCUT2D eigenvalue weighted by atomic mass is 16.1. The average Bonchev–Trinajstić information content (AvgIpc) is 2.30. The van der Waals surface area contributed by atoms with Crippen molar-refractivity contribution in [3.05, 3.63) is 30.2 Å². The normalized spacial score (nSPS) is 23.3. The van der Waals surface area contributed by atoms with Crippen LogP contribution < -0.4 is 0 Å². The highest BCUT2D eigenvalue weighted by Crippen LogP contribution is 2.28. The first-order valence-corrected chi connectivity index (χ1v) is 5.62. The third-order valence-electron chi connectivity index (χ3n) is 3.15. The standard InChI is InChI=1S/C13H17O/c14-13(11-7-3-1-4-8-11)12-9-5-2-6-10-12/h1,3,7-8,12H,2,4-6,9-10H2. The van der Waals surface area contributed by atoms with E-state index in [1.54, 1.807) is 0 Å². The number of ketones is 1. The number of carbonyl (C=O) groups is 1. The Kier molecular flexibility index (Phi) is 3.18. The van der Waals surface area contributed by atoms with Crippen molar-refractivity contribution in [2.45, 2.75) is 38.5 Å². The molecule has 2 rings (SSSR count). The second-order valence-electron chi connectivity index (χ2n) is 4.19. The van der Waals surface area contributed by atoms with Crippen LogP contribution in [0.2, 0.25) is 0 Å². The van der Waals surface area contributed by atoms with Gasteiger partial charge in [-0.2, -0.15) is 0 Å². The first-order chi connectivity index (χ1) is 6.88. The zero-order chi connectivity index (χ0) is 9.80. The highest BCUT2D eigenvalue weighted by molar-refractivity contribution is 5.99. The molecule has 0 aromatic heterocycles. The first-order valence-electron chi connectivity index (χ1n) is 5.62. The molecule has 0 spiro atoms. The zero-order valence-corrected chi connectivity index (χ0v) is 8.54. The van der Waals surface area contributed by atoms with Crippen molar-refractivity contribution >= 4 is 5.78 Å². The maximum absolute atomic E-state index is 12.0. The van der Waals surface area contributed by atoms with E-state index in [-0.39, 0.29) is 0 Å². The smallest absolute Gasteiger partial charge is 0.162 e. The first kappa shape index (κ1) is 9.70. The fourth-order valence-corrected chi connectivity index (χ4v) is 2.30. The minimum Gasteiger partial charge on any atom is -0.294 e. The average molecular weight is 189 g/mol. The molecule has 1 nitrogen and oxygen atoms in total. The van der Waals surface area contributed by atoms with Gasteiger partial charge in [-0.1, -0.05) is 37.5 Å². The third kappa shape index (κ3) is 2.14. The van der Waals surface area contributed by atoms with E-state index in [1.807, 2.05) is 12.2 Å². The summed E-state index contributed by atoms with van der Waals surface area (Å²) in [6.07, 6.45) is 15.0. The Morgan fingerprint density at radius 1 is 1.21 bits per heavy atom. The molecule has 0 unspecified atom stereocenters. The summed E-state index contributed by atoms with van der Waals surface area (Å²) >= 11 is 0. The van der Waals surface area contributed by atoms with Crippen molar-refractivity contribution in [2.24, 2.45) is 5.92 Å². The van der Waals surface area contributed by atoms with Gasteiger partial charge in [0, 0.05) is 5.92 Å². The van der Waals surface area contributed by atoms with Crippen molar-refractivity contribution in [3.8, 4) is 0 Å². The van der Waals surface area contributed by atoms with Gasteiger partial charge in [-0.25, -0.2) is 0 Å². The van der Waals surface area contributed by atoms with Crippen LogP contribution in [0.4, 0.5) is 0 Å². The quantitative estimate of drug-likeness (QED) is 0.651. The number of Topliss-reactive ketones (excluding diaryl/α,β-unsaturated/α-hetero) is 1. The van der Waals surface area contributed by atoms with Crippen molar-refractivity contribution in [2.75, 3.05) is 0 Å². The fourth-order valence-electron chi connectivity index (χ4n) is 2.30. The van der Waals surface area contributed by atoms with Gasteiger partial charge >= 0.3 is 0 Å². The molecular weight excluding hydrogens is 172 g/mol. The lowest BCUT2D eigenvalue weighted by Gasteiger charge is -2.21. The summed E-state index contributed by atoms with van der Waals surface area (Å²) in [5.41, 5.74) is 0.944. The Morgan fingerprint density at radius 2 is 2.00 bits per heavy atom. The van der Waals surface area contributed by atoms with Crippen LogP contribution in [0.1, 0.15) is 38.5 Å². The summed E-state index contributed by atoms with van der Waals surface area (Å²) in [7, 11) is 0. The van der Waals surface area contributed by atoms with E-state index in [2.05, 4.69) is 12.5 Å². The molecule has 0 aliphatic heterocycles. The van der Waals surface area contributed by atoms with Crippen molar-refractivity contribution in [3.63, 3.8) is 0 Å².